The van der Waals surface area contributed by atoms with Crippen LogP contribution in [0.5, 0.6) is 5.75 Å². The van der Waals surface area contributed by atoms with Gasteiger partial charge in [0.15, 0.2) is 0 Å². The van der Waals surface area contributed by atoms with E-state index in [0.717, 1.165) is 52.5 Å². The number of benzene rings is 1. The molecule has 22 heavy (non-hydrogen) atoms. The highest BCUT2D eigenvalue weighted by Gasteiger charge is 2.28. The van der Waals surface area contributed by atoms with E-state index in [1.54, 1.807) is 11.3 Å². The van der Waals surface area contributed by atoms with Crippen molar-refractivity contribution in [1.29, 1.82) is 0 Å². The van der Waals surface area contributed by atoms with Crippen LogP contribution in [0.25, 0.3) is 10.1 Å². The van der Waals surface area contributed by atoms with E-state index >= 15 is 0 Å². The Bertz CT molecular complexity index is 695. The van der Waals surface area contributed by atoms with Crippen LogP contribution in [0.15, 0.2) is 18.2 Å². The van der Waals surface area contributed by atoms with Gasteiger partial charge in [0, 0.05) is 36.8 Å². The number of carbonyl (C=O) groups is 1. The van der Waals surface area contributed by atoms with Crippen LogP contribution >= 0.6 is 11.3 Å². The van der Waals surface area contributed by atoms with Crippen molar-refractivity contribution >= 4 is 33.0 Å². The Labute approximate surface area is 135 Å². The summed E-state index contributed by atoms with van der Waals surface area (Å²) in [6.07, 6.45) is 1.07. The number of ether oxygens (including phenoxy) is 1. The maximum Gasteiger partial charge on any atom is 0.265 e. The van der Waals surface area contributed by atoms with E-state index in [0.29, 0.717) is 6.61 Å². The first-order chi connectivity index (χ1) is 10.7. The van der Waals surface area contributed by atoms with E-state index in [2.05, 4.69) is 24.0 Å². The summed E-state index contributed by atoms with van der Waals surface area (Å²) < 4.78 is 6.79. The predicted molar refractivity (Wildman–Crippen MR) is 92.5 cm³/mol. The van der Waals surface area contributed by atoms with E-state index in [4.69, 9.17) is 4.74 Å². The molecule has 5 heteroatoms. The number of fused-ring (bicyclic) bond motifs is 3. The summed E-state index contributed by atoms with van der Waals surface area (Å²) in [7, 11) is 1.89. The fourth-order valence-electron chi connectivity index (χ4n) is 2.93. The first-order valence-electron chi connectivity index (χ1n) is 7.85. The summed E-state index contributed by atoms with van der Waals surface area (Å²) in [6.45, 7) is 7.44. The average molecular weight is 318 g/mol. The lowest BCUT2D eigenvalue weighted by Crippen LogP contribution is -2.32. The van der Waals surface area contributed by atoms with Gasteiger partial charge in [0.2, 0.25) is 0 Å². The van der Waals surface area contributed by atoms with E-state index in [-0.39, 0.29) is 5.91 Å². The standard InChI is InChI=1S/C17H22N2O2S/c1-4-8-19-10-9-18(3)17(20)16-15(19)13-11-12(21-5-2)6-7-14(13)22-16/h6-7,11H,4-5,8-10H2,1-3H3. The third-order valence-corrected chi connectivity index (χ3v) is 5.15. The number of hydrogen-bond donors (Lipinski definition) is 0. The molecule has 1 aromatic carbocycles. The normalized spacial score (nSPS) is 15.1. The zero-order valence-corrected chi connectivity index (χ0v) is 14.2. The molecular weight excluding hydrogens is 296 g/mol. The van der Waals surface area contributed by atoms with Crippen molar-refractivity contribution in [2.45, 2.75) is 20.3 Å². The minimum Gasteiger partial charge on any atom is -0.494 e. The SMILES string of the molecule is CCCN1CCN(C)C(=O)c2sc3ccc(OCC)cc3c21. The molecule has 1 aromatic heterocycles. The molecule has 0 saturated heterocycles. The molecule has 3 rings (SSSR count). The van der Waals surface area contributed by atoms with Gasteiger partial charge >= 0.3 is 0 Å². The van der Waals surface area contributed by atoms with Crippen molar-refractivity contribution in [3.05, 3.63) is 23.1 Å². The van der Waals surface area contributed by atoms with Gasteiger partial charge in [-0.25, -0.2) is 0 Å². The van der Waals surface area contributed by atoms with E-state index in [9.17, 15) is 4.79 Å². The predicted octanol–water partition coefficient (Wildman–Crippen LogP) is 3.60. The summed E-state index contributed by atoms with van der Waals surface area (Å²) in [5, 5.41) is 1.14. The summed E-state index contributed by atoms with van der Waals surface area (Å²) in [5.74, 6) is 1.00. The molecule has 2 aromatic rings. The van der Waals surface area contributed by atoms with Gasteiger partial charge in [0.1, 0.15) is 10.6 Å². The number of amides is 1. The maximum absolute atomic E-state index is 12.6. The zero-order chi connectivity index (χ0) is 15.7. The van der Waals surface area contributed by atoms with Gasteiger partial charge in [0.25, 0.3) is 5.91 Å². The number of anilines is 1. The topological polar surface area (TPSA) is 32.8 Å². The minimum absolute atomic E-state index is 0.132. The lowest BCUT2D eigenvalue weighted by atomic mass is 10.2. The lowest BCUT2D eigenvalue weighted by molar-refractivity contribution is 0.0809. The molecule has 0 bridgehead atoms. The van der Waals surface area contributed by atoms with E-state index < -0.39 is 0 Å². The second kappa shape index (κ2) is 6.16. The molecule has 0 saturated carbocycles. The van der Waals surface area contributed by atoms with Crippen LogP contribution < -0.4 is 9.64 Å². The highest BCUT2D eigenvalue weighted by atomic mass is 32.1. The van der Waals surface area contributed by atoms with Gasteiger partial charge in [-0.05, 0) is 31.5 Å². The van der Waals surface area contributed by atoms with Gasteiger partial charge in [-0.15, -0.1) is 11.3 Å². The molecule has 1 aliphatic heterocycles. The number of rotatable bonds is 4. The Morgan fingerprint density at radius 1 is 1.27 bits per heavy atom. The Hall–Kier alpha value is -1.75. The highest BCUT2D eigenvalue weighted by molar-refractivity contribution is 7.21. The van der Waals surface area contributed by atoms with Crippen LogP contribution in [0.2, 0.25) is 0 Å². The first-order valence-corrected chi connectivity index (χ1v) is 8.67. The number of nitrogens with zero attached hydrogens (tertiary/aromatic N) is 2. The number of likely N-dealkylation sites (N-methyl/N-ethyl adjacent to an activating group) is 1. The van der Waals surface area contributed by atoms with Gasteiger partial charge in [-0.2, -0.15) is 0 Å². The molecule has 4 nitrogen and oxygen atoms in total. The second-order valence-corrected chi connectivity index (χ2v) is 6.64. The summed E-state index contributed by atoms with van der Waals surface area (Å²) in [5.41, 5.74) is 1.10. The van der Waals surface area contributed by atoms with E-state index in [1.807, 2.05) is 24.9 Å². The minimum atomic E-state index is 0.132. The van der Waals surface area contributed by atoms with Crippen LogP contribution in [0.1, 0.15) is 29.9 Å². The molecule has 118 valence electrons. The smallest absolute Gasteiger partial charge is 0.265 e. The Balaban J connectivity index is 2.18. The zero-order valence-electron chi connectivity index (χ0n) is 13.4. The largest absolute Gasteiger partial charge is 0.494 e. The summed E-state index contributed by atoms with van der Waals surface area (Å²) in [4.78, 5) is 17.7. The number of hydrogen-bond acceptors (Lipinski definition) is 4. The second-order valence-electron chi connectivity index (χ2n) is 5.58. The third kappa shape index (κ3) is 2.54. The summed E-state index contributed by atoms with van der Waals surface area (Å²) in [6, 6.07) is 6.13. The van der Waals surface area contributed by atoms with Gasteiger partial charge in [-0.1, -0.05) is 6.92 Å². The Morgan fingerprint density at radius 3 is 2.82 bits per heavy atom. The van der Waals surface area contributed by atoms with Crippen LogP contribution in [-0.2, 0) is 0 Å². The van der Waals surface area contributed by atoms with Crippen molar-refractivity contribution < 1.29 is 9.53 Å². The molecule has 0 spiro atoms. The quantitative estimate of drug-likeness (QED) is 0.863. The van der Waals surface area contributed by atoms with Gasteiger partial charge in [0.05, 0.1) is 12.3 Å². The molecule has 0 N–H and O–H groups in total. The van der Waals surface area contributed by atoms with Crippen molar-refractivity contribution in [1.82, 2.24) is 4.90 Å². The molecule has 1 aliphatic rings. The molecule has 2 heterocycles. The van der Waals surface area contributed by atoms with E-state index in [1.165, 1.54) is 0 Å². The number of thiophene rings is 1. The molecule has 0 aliphatic carbocycles. The van der Waals surface area contributed by atoms with Crippen LogP contribution in [0.3, 0.4) is 0 Å². The molecule has 0 atom stereocenters. The molecule has 0 unspecified atom stereocenters. The molecule has 0 fully saturated rings. The fourth-order valence-corrected chi connectivity index (χ4v) is 4.13. The maximum atomic E-state index is 12.6. The van der Waals surface area contributed by atoms with Crippen LogP contribution in [0, 0.1) is 0 Å². The fraction of sp³-hybridized carbons (Fsp3) is 0.471. The molecular formula is C17H22N2O2S. The third-order valence-electron chi connectivity index (χ3n) is 4.00. The molecule has 1 amide bonds. The summed E-state index contributed by atoms with van der Waals surface area (Å²) >= 11 is 1.59. The van der Waals surface area contributed by atoms with Gasteiger partial charge < -0.3 is 14.5 Å². The van der Waals surface area contributed by atoms with Crippen LogP contribution in [-0.4, -0.2) is 44.1 Å². The van der Waals surface area contributed by atoms with Crippen molar-refractivity contribution in [2.75, 3.05) is 38.2 Å². The Morgan fingerprint density at radius 2 is 2.09 bits per heavy atom. The number of carbonyl (C=O) groups excluding carboxylic acids is 1. The lowest BCUT2D eigenvalue weighted by Gasteiger charge is -2.23. The Kier molecular flexibility index (Phi) is 4.25. The first kappa shape index (κ1) is 15.2. The monoisotopic (exact) mass is 318 g/mol. The van der Waals surface area contributed by atoms with Crippen molar-refractivity contribution in [2.24, 2.45) is 0 Å². The van der Waals surface area contributed by atoms with Crippen molar-refractivity contribution in [3.8, 4) is 5.75 Å². The average Bonchev–Trinajstić information content (AvgIpc) is 2.84. The van der Waals surface area contributed by atoms with Crippen LogP contribution in [0.4, 0.5) is 5.69 Å². The highest BCUT2D eigenvalue weighted by Crippen LogP contribution is 2.41. The van der Waals surface area contributed by atoms with Gasteiger partial charge in [-0.3, -0.25) is 4.79 Å². The molecule has 0 radical (unpaired) electrons. The van der Waals surface area contributed by atoms with Crippen molar-refractivity contribution in [3.63, 3.8) is 0 Å².